The van der Waals surface area contributed by atoms with Crippen molar-refractivity contribution in [1.82, 2.24) is 0 Å². The highest BCUT2D eigenvalue weighted by Gasteiger charge is 2.37. The molecule has 0 bridgehead atoms. The number of aliphatic carboxylic acids is 1. The third-order valence-corrected chi connectivity index (χ3v) is 3.18. The maximum Gasteiger partial charge on any atom is 0.315 e. The summed E-state index contributed by atoms with van der Waals surface area (Å²) in [6.07, 6.45) is 0.511. The first-order valence-electron chi connectivity index (χ1n) is 6.00. The van der Waals surface area contributed by atoms with Gasteiger partial charge in [0.05, 0.1) is 0 Å². The van der Waals surface area contributed by atoms with Crippen LogP contribution in [0.25, 0.3) is 0 Å². The number of benzene rings is 1. The number of carboxylic acid groups (broad SMARTS) is 1. The Labute approximate surface area is 111 Å². The van der Waals surface area contributed by atoms with E-state index < -0.39 is 23.6 Å². The zero-order valence-corrected chi connectivity index (χ0v) is 10.7. The van der Waals surface area contributed by atoms with Crippen LogP contribution in [0.4, 0.5) is 0 Å². The summed E-state index contributed by atoms with van der Waals surface area (Å²) in [6, 6.07) is 8.09. The van der Waals surface area contributed by atoms with Crippen molar-refractivity contribution in [1.29, 1.82) is 0 Å². The molecular formula is C14H17NO4. The van der Waals surface area contributed by atoms with Crippen LogP contribution in [0, 0.1) is 17.8 Å². The number of aldehydes is 1. The third kappa shape index (κ3) is 3.48. The number of nitrogens with two attached hydrogens (primary N) is 1. The molecule has 0 radical (unpaired) electrons. The molecule has 3 unspecified atom stereocenters. The monoisotopic (exact) mass is 263 g/mol. The first kappa shape index (κ1) is 15.0. The summed E-state index contributed by atoms with van der Waals surface area (Å²) in [5.41, 5.74) is 5.75. The molecule has 0 aromatic heterocycles. The third-order valence-electron chi connectivity index (χ3n) is 3.18. The van der Waals surface area contributed by atoms with Crippen LogP contribution in [0.3, 0.4) is 0 Å². The number of hydrogen-bond acceptors (Lipinski definition) is 4. The molecule has 1 aromatic rings. The van der Waals surface area contributed by atoms with Gasteiger partial charge in [0, 0.05) is 11.5 Å². The Morgan fingerprint density at radius 3 is 2.32 bits per heavy atom. The Morgan fingerprint density at radius 1 is 1.32 bits per heavy atom. The fourth-order valence-electron chi connectivity index (χ4n) is 1.93. The van der Waals surface area contributed by atoms with Gasteiger partial charge in [0.25, 0.3) is 0 Å². The normalized spacial score (nSPS) is 15.3. The molecule has 3 atom stereocenters. The van der Waals surface area contributed by atoms with Gasteiger partial charge >= 0.3 is 5.97 Å². The largest absolute Gasteiger partial charge is 0.481 e. The van der Waals surface area contributed by atoms with Gasteiger partial charge in [0.2, 0.25) is 0 Å². The molecule has 0 amide bonds. The number of carbonyl (C=O) groups is 3. The minimum Gasteiger partial charge on any atom is -0.481 e. The van der Waals surface area contributed by atoms with E-state index in [1.165, 1.54) is 12.1 Å². The van der Waals surface area contributed by atoms with Crippen LogP contribution in [0.2, 0.25) is 0 Å². The molecule has 1 aromatic carbocycles. The maximum atomic E-state index is 12.2. The number of hydrogen-bond donors (Lipinski definition) is 2. The van der Waals surface area contributed by atoms with Gasteiger partial charge in [-0.15, -0.1) is 0 Å². The molecule has 0 spiro atoms. The molecule has 102 valence electrons. The lowest BCUT2D eigenvalue weighted by molar-refractivity contribution is -0.143. The predicted octanol–water partition coefficient (Wildman–Crippen LogP) is 0.980. The standard InChI is InChI=1S/C14H17NO4/c1-9(7-15)11(8-16)12(14(18)19)13(17)10-5-3-2-4-6-10/h2-6,8-9,11-12H,7,15H2,1H3,(H,18,19). The van der Waals surface area contributed by atoms with Crippen LogP contribution in [-0.2, 0) is 9.59 Å². The van der Waals surface area contributed by atoms with Gasteiger partial charge in [-0.25, -0.2) is 0 Å². The second kappa shape index (κ2) is 6.80. The molecule has 3 N–H and O–H groups in total. The Morgan fingerprint density at radius 2 is 1.89 bits per heavy atom. The number of carbonyl (C=O) groups excluding carboxylic acids is 2. The number of carboxylic acids is 1. The van der Waals surface area contributed by atoms with E-state index >= 15 is 0 Å². The van der Waals surface area contributed by atoms with Crippen molar-refractivity contribution in [3.63, 3.8) is 0 Å². The summed E-state index contributed by atoms with van der Waals surface area (Å²) in [5.74, 6) is -4.54. The molecule has 5 heteroatoms. The van der Waals surface area contributed by atoms with E-state index in [9.17, 15) is 19.5 Å². The van der Waals surface area contributed by atoms with Gasteiger partial charge in [-0.3, -0.25) is 9.59 Å². The summed E-state index contributed by atoms with van der Waals surface area (Å²) in [7, 11) is 0. The molecule has 0 fully saturated rings. The predicted molar refractivity (Wildman–Crippen MR) is 69.7 cm³/mol. The van der Waals surface area contributed by atoms with Gasteiger partial charge in [-0.1, -0.05) is 37.3 Å². The van der Waals surface area contributed by atoms with Gasteiger partial charge in [-0.05, 0) is 12.5 Å². The van der Waals surface area contributed by atoms with E-state index in [2.05, 4.69) is 0 Å². The minimum atomic E-state index is -1.39. The van der Waals surface area contributed by atoms with Crippen molar-refractivity contribution in [2.75, 3.05) is 6.54 Å². The van der Waals surface area contributed by atoms with E-state index in [0.29, 0.717) is 6.29 Å². The summed E-state index contributed by atoms with van der Waals surface area (Å²) >= 11 is 0. The first-order valence-corrected chi connectivity index (χ1v) is 6.00. The Hall–Kier alpha value is -2.01. The number of ketones is 1. The van der Waals surface area contributed by atoms with Crippen LogP contribution in [-0.4, -0.2) is 29.7 Å². The molecule has 5 nitrogen and oxygen atoms in total. The van der Waals surface area contributed by atoms with Crippen molar-refractivity contribution in [2.24, 2.45) is 23.5 Å². The van der Waals surface area contributed by atoms with E-state index in [1.54, 1.807) is 25.1 Å². The summed E-state index contributed by atoms with van der Waals surface area (Å²) in [6.45, 7) is 1.81. The van der Waals surface area contributed by atoms with Crippen molar-refractivity contribution in [3.05, 3.63) is 35.9 Å². The average Bonchev–Trinajstić information content (AvgIpc) is 2.43. The lowest BCUT2D eigenvalue weighted by Gasteiger charge is -2.22. The molecule has 0 saturated heterocycles. The Balaban J connectivity index is 3.10. The van der Waals surface area contributed by atoms with Crippen LogP contribution in [0.5, 0.6) is 0 Å². The summed E-state index contributed by atoms with van der Waals surface area (Å²) in [4.78, 5) is 34.7. The summed E-state index contributed by atoms with van der Waals surface area (Å²) < 4.78 is 0. The highest BCUT2D eigenvalue weighted by Crippen LogP contribution is 2.23. The molecule has 0 saturated carbocycles. The van der Waals surface area contributed by atoms with Gasteiger partial charge < -0.3 is 15.6 Å². The average molecular weight is 263 g/mol. The fourth-order valence-corrected chi connectivity index (χ4v) is 1.93. The zero-order chi connectivity index (χ0) is 14.4. The molecule has 1 rings (SSSR count). The van der Waals surface area contributed by atoms with Gasteiger partial charge in [-0.2, -0.15) is 0 Å². The van der Waals surface area contributed by atoms with Crippen molar-refractivity contribution in [3.8, 4) is 0 Å². The number of rotatable bonds is 7. The molecule has 0 aliphatic heterocycles. The zero-order valence-electron chi connectivity index (χ0n) is 10.7. The topological polar surface area (TPSA) is 97.5 Å². The van der Waals surface area contributed by atoms with Gasteiger partial charge in [0.1, 0.15) is 12.2 Å². The minimum absolute atomic E-state index is 0.148. The fraction of sp³-hybridized carbons (Fsp3) is 0.357. The molecule has 0 aliphatic rings. The molecule has 19 heavy (non-hydrogen) atoms. The smallest absolute Gasteiger partial charge is 0.315 e. The number of Topliss-reactive ketones (excluding diaryl/α,β-unsaturated/α-hetero) is 1. The Kier molecular flexibility index (Phi) is 5.38. The van der Waals surface area contributed by atoms with Crippen molar-refractivity contribution >= 4 is 18.0 Å². The highest BCUT2D eigenvalue weighted by molar-refractivity contribution is 6.09. The van der Waals surface area contributed by atoms with Gasteiger partial charge in [0.15, 0.2) is 5.78 Å². The lowest BCUT2D eigenvalue weighted by Crippen LogP contribution is -2.38. The highest BCUT2D eigenvalue weighted by atomic mass is 16.4. The van der Waals surface area contributed by atoms with Crippen LogP contribution < -0.4 is 5.73 Å². The van der Waals surface area contributed by atoms with Crippen molar-refractivity contribution in [2.45, 2.75) is 6.92 Å². The SMILES string of the molecule is CC(CN)C(C=O)C(C(=O)O)C(=O)c1ccccc1. The summed E-state index contributed by atoms with van der Waals surface area (Å²) in [5, 5.41) is 9.23. The van der Waals surface area contributed by atoms with Crippen LogP contribution in [0.1, 0.15) is 17.3 Å². The van der Waals surface area contributed by atoms with E-state index in [1.807, 2.05) is 0 Å². The Bertz CT molecular complexity index is 458. The van der Waals surface area contributed by atoms with E-state index in [-0.39, 0.29) is 18.0 Å². The quantitative estimate of drug-likeness (QED) is 0.434. The van der Waals surface area contributed by atoms with Crippen LogP contribution in [0.15, 0.2) is 30.3 Å². The second-order valence-corrected chi connectivity index (χ2v) is 4.47. The van der Waals surface area contributed by atoms with Crippen LogP contribution >= 0.6 is 0 Å². The molecule has 0 heterocycles. The first-order chi connectivity index (χ1) is 9.02. The second-order valence-electron chi connectivity index (χ2n) is 4.47. The maximum absolute atomic E-state index is 12.2. The molecular weight excluding hydrogens is 246 g/mol. The van der Waals surface area contributed by atoms with E-state index in [0.717, 1.165) is 0 Å². The van der Waals surface area contributed by atoms with E-state index in [4.69, 9.17) is 5.73 Å². The molecule has 0 aliphatic carbocycles. The van der Waals surface area contributed by atoms with Crippen molar-refractivity contribution < 1.29 is 19.5 Å². The lowest BCUT2D eigenvalue weighted by atomic mass is 9.79.